The quantitative estimate of drug-likeness (QED) is 0.270. The number of fused-ring (bicyclic) bond motifs is 1. The van der Waals surface area contributed by atoms with Gasteiger partial charge in [-0.2, -0.15) is 5.10 Å². The van der Waals surface area contributed by atoms with E-state index in [2.05, 4.69) is 27.2 Å². The number of amides is 1. The Balaban J connectivity index is 1.69. The van der Waals surface area contributed by atoms with Gasteiger partial charge in [-0.25, -0.2) is 4.68 Å². The van der Waals surface area contributed by atoms with Gasteiger partial charge < -0.3 is 0 Å². The van der Waals surface area contributed by atoms with Crippen molar-refractivity contribution in [3.8, 4) is 0 Å². The van der Waals surface area contributed by atoms with E-state index in [1.165, 1.54) is 27.8 Å². The summed E-state index contributed by atoms with van der Waals surface area (Å²) in [7, 11) is 0. The van der Waals surface area contributed by atoms with E-state index in [0.29, 0.717) is 21.7 Å². The lowest BCUT2D eigenvalue weighted by atomic mass is 10.1. The van der Waals surface area contributed by atoms with E-state index >= 15 is 0 Å². The highest BCUT2D eigenvalue weighted by Gasteiger charge is 2.18. The van der Waals surface area contributed by atoms with Crippen molar-refractivity contribution in [1.82, 2.24) is 20.0 Å². The molecular weight excluding hydrogens is 418 g/mol. The molecule has 2 aromatic carbocycles. The molecule has 2 heterocycles. The highest BCUT2D eigenvalue weighted by Crippen LogP contribution is 2.26. The number of hydrogen-bond acceptors (Lipinski definition) is 7. The minimum absolute atomic E-state index is 0.164. The van der Waals surface area contributed by atoms with Crippen molar-refractivity contribution in [2.24, 2.45) is 0 Å². The van der Waals surface area contributed by atoms with Gasteiger partial charge in [-0.1, -0.05) is 77.7 Å². The molecule has 0 saturated heterocycles. The summed E-state index contributed by atoms with van der Waals surface area (Å²) in [5, 5.41) is 16.5. The maximum absolute atomic E-state index is 13.0. The zero-order chi connectivity index (χ0) is 20.9. The van der Waals surface area contributed by atoms with Gasteiger partial charge in [0, 0.05) is 11.1 Å². The maximum atomic E-state index is 13.0. The summed E-state index contributed by atoms with van der Waals surface area (Å²) in [5.74, 6) is 0.267. The average Bonchev–Trinajstić information content (AvgIpc) is 3.22. The topological polar surface area (TPSA) is 89.8 Å². The van der Waals surface area contributed by atoms with Gasteiger partial charge in [-0.05, 0) is 11.6 Å². The molecule has 1 N–H and O–H groups in total. The van der Waals surface area contributed by atoms with E-state index in [9.17, 15) is 9.59 Å². The SMILES string of the molecule is C=CCSc1nnc(NC(=O)c2nn(Cc3ccccc3)c(=O)c3ccccc23)s1. The van der Waals surface area contributed by atoms with Gasteiger partial charge in [0.15, 0.2) is 10.0 Å². The Morgan fingerprint density at radius 2 is 1.83 bits per heavy atom. The van der Waals surface area contributed by atoms with Gasteiger partial charge in [0.1, 0.15) is 0 Å². The number of hydrogen-bond donors (Lipinski definition) is 1. The third-order valence-corrected chi connectivity index (χ3v) is 6.18. The molecule has 0 saturated carbocycles. The molecule has 0 atom stereocenters. The monoisotopic (exact) mass is 435 g/mol. The molecule has 0 unspecified atom stereocenters. The molecule has 2 aromatic heterocycles. The second-order valence-electron chi connectivity index (χ2n) is 6.27. The summed E-state index contributed by atoms with van der Waals surface area (Å²) < 4.78 is 2.05. The summed E-state index contributed by atoms with van der Waals surface area (Å²) in [4.78, 5) is 25.9. The summed E-state index contributed by atoms with van der Waals surface area (Å²) in [6.07, 6.45) is 1.77. The molecule has 0 fully saturated rings. The van der Waals surface area contributed by atoms with Crippen molar-refractivity contribution in [2.75, 3.05) is 11.1 Å². The van der Waals surface area contributed by atoms with Gasteiger partial charge in [0.2, 0.25) is 5.13 Å². The Hall–Kier alpha value is -3.30. The van der Waals surface area contributed by atoms with E-state index in [1.54, 1.807) is 30.3 Å². The molecule has 4 rings (SSSR count). The number of thioether (sulfide) groups is 1. The fourth-order valence-corrected chi connectivity index (χ4v) is 4.38. The van der Waals surface area contributed by atoms with Crippen LogP contribution in [0.15, 0.2) is 76.4 Å². The zero-order valence-corrected chi connectivity index (χ0v) is 17.4. The van der Waals surface area contributed by atoms with Crippen LogP contribution in [0.5, 0.6) is 0 Å². The van der Waals surface area contributed by atoms with Crippen LogP contribution in [-0.2, 0) is 6.54 Å². The largest absolute Gasteiger partial charge is 0.295 e. The first-order chi connectivity index (χ1) is 14.7. The van der Waals surface area contributed by atoms with Gasteiger partial charge in [0.25, 0.3) is 11.5 Å². The van der Waals surface area contributed by atoms with Crippen LogP contribution in [0, 0.1) is 0 Å². The van der Waals surface area contributed by atoms with Crippen molar-refractivity contribution in [3.63, 3.8) is 0 Å². The van der Waals surface area contributed by atoms with E-state index < -0.39 is 5.91 Å². The van der Waals surface area contributed by atoms with Crippen LogP contribution in [-0.4, -0.2) is 31.6 Å². The third-order valence-electron chi connectivity index (χ3n) is 4.21. The van der Waals surface area contributed by atoms with Crippen molar-refractivity contribution in [1.29, 1.82) is 0 Å². The fraction of sp³-hybridized carbons (Fsp3) is 0.0952. The molecule has 0 aliphatic heterocycles. The van der Waals surface area contributed by atoms with Crippen LogP contribution in [0.2, 0.25) is 0 Å². The number of benzene rings is 2. The number of nitrogens with one attached hydrogen (secondary N) is 1. The molecular formula is C21H17N5O2S2. The molecule has 0 aliphatic carbocycles. The lowest BCUT2D eigenvalue weighted by molar-refractivity contribution is 0.102. The highest BCUT2D eigenvalue weighted by atomic mass is 32.2. The first-order valence-corrected chi connectivity index (χ1v) is 10.9. The number of rotatable bonds is 7. The van der Waals surface area contributed by atoms with Crippen LogP contribution in [0.4, 0.5) is 5.13 Å². The minimum Gasteiger partial charge on any atom is -0.295 e. The molecule has 150 valence electrons. The lowest BCUT2D eigenvalue weighted by Gasteiger charge is -2.10. The van der Waals surface area contributed by atoms with E-state index in [0.717, 1.165) is 9.90 Å². The smallest absolute Gasteiger partial charge is 0.278 e. The fourth-order valence-electron chi connectivity index (χ4n) is 2.87. The maximum Gasteiger partial charge on any atom is 0.278 e. The van der Waals surface area contributed by atoms with Crippen molar-refractivity contribution < 1.29 is 4.79 Å². The Morgan fingerprint density at radius 1 is 1.10 bits per heavy atom. The van der Waals surface area contributed by atoms with Gasteiger partial charge >= 0.3 is 0 Å². The van der Waals surface area contributed by atoms with E-state index in [4.69, 9.17) is 0 Å². The Labute approximate surface area is 180 Å². The third kappa shape index (κ3) is 4.32. The first-order valence-electron chi connectivity index (χ1n) is 9.08. The number of anilines is 1. The molecule has 7 nitrogen and oxygen atoms in total. The van der Waals surface area contributed by atoms with Crippen LogP contribution < -0.4 is 10.9 Å². The minimum atomic E-state index is -0.440. The van der Waals surface area contributed by atoms with Gasteiger partial charge in [0.05, 0.1) is 11.9 Å². The standard InChI is InChI=1S/C21H17N5O2S2/c1-2-12-29-21-24-23-20(30-21)22-18(27)17-15-10-6-7-11-16(15)19(28)26(25-17)13-14-8-4-3-5-9-14/h2-11H,1,12-13H2,(H,22,23,27). The van der Waals surface area contributed by atoms with Crippen molar-refractivity contribution in [2.45, 2.75) is 10.9 Å². The predicted octanol–water partition coefficient (Wildman–Crippen LogP) is 3.83. The van der Waals surface area contributed by atoms with Crippen molar-refractivity contribution in [3.05, 3.63) is 88.9 Å². The summed E-state index contributed by atoms with van der Waals surface area (Å²) in [5.41, 5.74) is 0.836. The Kier molecular flexibility index (Phi) is 6.01. The molecule has 30 heavy (non-hydrogen) atoms. The number of carbonyl (C=O) groups is 1. The Morgan fingerprint density at radius 3 is 2.60 bits per heavy atom. The molecule has 0 bridgehead atoms. The molecule has 1 amide bonds. The van der Waals surface area contributed by atoms with E-state index in [1.807, 2.05) is 30.3 Å². The average molecular weight is 436 g/mol. The van der Waals surface area contributed by atoms with Crippen LogP contribution in [0.1, 0.15) is 16.1 Å². The molecule has 9 heteroatoms. The Bertz CT molecular complexity index is 1270. The van der Waals surface area contributed by atoms with Gasteiger partial charge in [-0.15, -0.1) is 16.8 Å². The summed E-state index contributed by atoms with van der Waals surface area (Å²) in [6, 6.07) is 16.5. The molecule has 0 aliphatic rings. The number of carbonyl (C=O) groups excluding carboxylic acids is 1. The number of nitrogens with zero attached hydrogens (tertiary/aromatic N) is 4. The highest BCUT2D eigenvalue weighted by molar-refractivity contribution is 8.01. The summed E-state index contributed by atoms with van der Waals surface area (Å²) in [6.45, 7) is 3.94. The van der Waals surface area contributed by atoms with Crippen LogP contribution in [0.3, 0.4) is 0 Å². The predicted molar refractivity (Wildman–Crippen MR) is 120 cm³/mol. The van der Waals surface area contributed by atoms with Crippen LogP contribution in [0.25, 0.3) is 10.8 Å². The number of aromatic nitrogens is 4. The molecule has 4 aromatic rings. The van der Waals surface area contributed by atoms with Gasteiger partial charge in [-0.3, -0.25) is 14.9 Å². The lowest BCUT2D eigenvalue weighted by Crippen LogP contribution is -2.28. The normalized spacial score (nSPS) is 10.8. The second-order valence-corrected chi connectivity index (χ2v) is 8.51. The summed E-state index contributed by atoms with van der Waals surface area (Å²) >= 11 is 2.76. The van der Waals surface area contributed by atoms with Crippen molar-refractivity contribution >= 4 is 44.9 Å². The molecule has 0 radical (unpaired) electrons. The van der Waals surface area contributed by atoms with Crippen LogP contribution >= 0.6 is 23.1 Å². The second kappa shape index (κ2) is 9.02. The first kappa shape index (κ1) is 20.0. The van der Waals surface area contributed by atoms with E-state index in [-0.39, 0.29) is 17.8 Å². The zero-order valence-electron chi connectivity index (χ0n) is 15.8. The molecule has 0 spiro atoms.